The van der Waals surface area contributed by atoms with Gasteiger partial charge in [0.1, 0.15) is 6.61 Å². The molecule has 0 aromatic heterocycles. The molecule has 3 aromatic carbocycles. The molecule has 0 aliphatic carbocycles. The summed E-state index contributed by atoms with van der Waals surface area (Å²) in [5.74, 6) is -0.616. The van der Waals surface area contributed by atoms with E-state index in [0.29, 0.717) is 51.9 Å². The van der Waals surface area contributed by atoms with Gasteiger partial charge in [0.25, 0.3) is 0 Å². The van der Waals surface area contributed by atoms with E-state index in [1.54, 1.807) is 18.2 Å². The molecule has 0 radical (unpaired) electrons. The van der Waals surface area contributed by atoms with Crippen molar-refractivity contribution in [3.63, 3.8) is 0 Å². The summed E-state index contributed by atoms with van der Waals surface area (Å²) in [6, 6.07) is 21.1. The Morgan fingerprint density at radius 2 is 1.26 bits per heavy atom. The van der Waals surface area contributed by atoms with Crippen LogP contribution in [0, 0.1) is 0 Å². The number of hydrogen-bond acceptors (Lipinski definition) is 7. The highest BCUT2D eigenvalue weighted by Gasteiger charge is 2.30. The Balaban J connectivity index is 1.23. The summed E-state index contributed by atoms with van der Waals surface area (Å²) in [5, 5.41) is 2.86. The molecule has 1 N–H and O–H groups in total. The molecular formula is C29H32F3NO6. The van der Waals surface area contributed by atoms with Crippen LogP contribution in [0.4, 0.5) is 24.5 Å². The van der Waals surface area contributed by atoms with Gasteiger partial charge in [-0.05, 0) is 35.9 Å². The maximum absolute atomic E-state index is 13.0. The first kappa shape index (κ1) is 30.1. The number of carbonyl (C=O) groups is 1. The van der Waals surface area contributed by atoms with Crippen LogP contribution in [0.5, 0.6) is 0 Å². The molecule has 7 nitrogen and oxygen atoms in total. The summed E-state index contributed by atoms with van der Waals surface area (Å²) in [7, 11) is 0. The quantitative estimate of drug-likeness (QED) is 0.167. The molecule has 0 aliphatic heterocycles. The second-order valence-corrected chi connectivity index (χ2v) is 8.26. The highest BCUT2D eigenvalue weighted by molar-refractivity contribution is 5.96. The van der Waals surface area contributed by atoms with E-state index in [2.05, 4.69) is 5.32 Å². The molecule has 0 saturated carbocycles. The van der Waals surface area contributed by atoms with Gasteiger partial charge in [-0.2, -0.15) is 13.2 Å². The third-order valence-corrected chi connectivity index (χ3v) is 5.30. The van der Waals surface area contributed by atoms with Crippen molar-refractivity contribution >= 4 is 17.3 Å². The van der Waals surface area contributed by atoms with E-state index in [4.69, 9.17) is 23.7 Å². The minimum Gasteiger partial charge on any atom is -0.460 e. The number of alkyl halides is 3. The van der Waals surface area contributed by atoms with Crippen LogP contribution in [0.3, 0.4) is 0 Å². The minimum atomic E-state index is -4.47. The van der Waals surface area contributed by atoms with Gasteiger partial charge < -0.3 is 29.0 Å². The maximum atomic E-state index is 13.0. The lowest BCUT2D eigenvalue weighted by atomic mass is 10.1. The molecule has 0 fully saturated rings. The Bertz CT molecular complexity index is 1130. The Morgan fingerprint density at radius 3 is 1.92 bits per heavy atom. The highest BCUT2D eigenvalue weighted by Crippen LogP contribution is 2.32. The number of esters is 1. The third kappa shape index (κ3) is 11.5. The van der Waals surface area contributed by atoms with Crippen molar-refractivity contribution in [2.24, 2.45) is 0 Å². The Morgan fingerprint density at radius 1 is 0.667 bits per heavy atom. The largest absolute Gasteiger partial charge is 0.460 e. The maximum Gasteiger partial charge on any atom is 0.416 e. The zero-order chi connectivity index (χ0) is 27.8. The summed E-state index contributed by atoms with van der Waals surface area (Å²) >= 11 is 0. The first-order valence-corrected chi connectivity index (χ1v) is 12.5. The molecule has 0 saturated heterocycles. The lowest BCUT2D eigenvalue weighted by Gasteiger charge is -2.13. The summed E-state index contributed by atoms with van der Waals surface area (Å²) in [5.41, 5.74) is 1.07. The summed E-state index contributed by atoms with van der Waals surface area (Å²) in [6.07, 6.45) is -4.47. The van der Waals surface area contributed by atoms with Gasteiger partial charge in [0.15, 0.2) is 0 Å². The van der Waals surface area contributed by atoms with E-state index < -0.39 is 17.7 Å². The molecular weight excluding hydrogens is 515 g/mol. The molecule has 210 valence electrons. The van der Waals surface area contributed by atoms with E-state index in [-0.39, 0.29) is 24.5 Å². The first-order valence-electron chi connectivity index (χ1n) is 12.5. The minimum absolute atomic E-state index is 0.0167. The average molecular weight is 548 g/mol. The smallest absolute Gasteiger partial charge is 0.416 e. The Kier molecular flexibility index (Phi) is 12.7. The van der Waals surface area contributed by atoms with Gasteiger partial charge in [-0.25, -0.2) is 4.79 Å². The van der Waals surface area contributed by atoms with Crippen molar-refractivity contribution < 1.29 is 41.7 Å². The van der Waals surface area contributed by atoms with E-state index >= 15 is 0 Å². The predicted octanol–water partition coefficient (Wildman–Crippen LogP) is 5.87. The normalized spacial score (nSPS) is 11.4. The topological polar surface area (TPSA) is 75.3 Å². The van der Waals surface area contributed by atoms with E-state index in [1.165, 1.54) is 18.2 Å². The van der Waals surface area contributed by atoms with Gasteiger partial charge in [-0.3, -0.25) is 0 Å². The number of ether oxygens (including phenoxy) is 5. The molecule has 0 atom stereocenters. The fourth-order valence-electron chi connectivity index (χ4n) is 3.39. The van der Waals surface area contributed by atoms with E-state index in [0.717, 1.165) is 17.7 Å². The SMILES string of the molecule is O=C(OCCOCCOCCOCCOCc1ccccc1)c1ccccc1Nc1cccc(C(F)(F)F)c1. The lowest BCUT2D eigenvalue weighted by Crippen LogP contribution is -2.15. The zero-order valence-electron chi connectivity index (χ0n) is 21.5. The van der Waals surface area contributed by atoms with Crippen LogP contribution < -0.4 is 5.32 Å². The average Bonchev–Trinajstić information content (AvgIpc) is 2.93. The van der Waals surface area contributed by atoms with Gasteiger partial charge in [0, 0.05) is 5.69 Å². The number of rotatable bonds is 17. The number of carbonyl (C=O) groups excluding carboxylic acids is 1. The van der Waals surface area contributed by atoms with Crippen molar-refractivity contribution in [2.75, 3.05) is 58.2 Å². The number of benzene rings is 3. The van der Waals surface area contributed by atoms with E-state index in [9.17, 15) is 18.0 Å². The molecule has 0 heterocycles. The van der Waals surface area contributed by atoms with Crippen LogP contribution >= 0.6 is 0 Å². The van der Waals surface area contributed by atoms with Crippen molar-refractivity contribution in [3.8, 4) is 0 Å². The fraction of sp³-hybridized carbons (Fsp3) is 0.345. The van der Waals surface area contributed by atoms with Crippen molar-refractivity contribution in [1.29, 1.82) is 0 Å². The van der Waals surface area contributed by atoms with Gasteiger partial charge in [-0.1, -0.05) is 48.5 Å². The number of hydrogen-bond donors (Lipinski definition) is 1. The summed E-state index contributed by atoms with van der Waals surface area (Å²) in [6.45, 7) is 3.29. The molecule has 3 rings (SSSR count). The fourth-order valence-corrected chi connectivity index (χ4v) is 3.39. The number of anilines is 2. The molecule has 0 amide bonds. The van der Waals surface area contributed by atoms with Crippen LogP contribution in [-0.4, -0.2) is 58.8 Å². The van der Waals surface area contributed by atoms with Crippen LogP contribution in [0.25, 0.3) is 0 Å². The highest BCUT2D eigenvalue weighted by atomic mass is 19.4. The molecule has 0 aliphatic rings. The van der Waals surface area contributed by atoms with Crippen LogP contribution in [0.15, 0.2) is 78.9 Å². The van der Waals surface area contributed by atoms with Crippen LogP contribution in [0.1, 0.15) is 21.5 Å². The Labute approximate surface area is 225 Å². The third-order valence-electron chi connectivity index (χ3n) is 5.30. The summed E-state index contributed by atoms with van der Waals surface area (Å²) < 4.78 is 66.0. The molecule has 0 bridgehead atoms. The number of para-hydroxylation sites is 1. The van der Waals surface area contributed by atoms with Crippen LogP contribution in [-0.2, 0) is 36.5 Å². The lowest BCUT2D eigenvalue weighted by molar-refractivity contribution is -0.137. The van der Waals surface area contributed by atoms with Gasteiger partial charge >= 0.3 is 12.1 Å². The van der Waals surface area contributed by atoms with Gasteiger partial charge in [-0.15, -0.1) is 0 Å². The standard InChI is InChI=1S/C29H32F3NO6/c30-29(31,32)24-9-6-10-25(21-24)33-27-12-5-4-11-26(27)28(34)39-20-19-37-16-15-35-13-14-36-17-18-38-22-23-7-2-1-3-8-23/h1-12,21,33H,13-20,22H2. The second kappa shape index (κ2) is 16.5. The molecule has 39 heavy (non-hydrogen) atoms. The van der Waals surface area contributed by atoms with E-state index in [1.807, 2.05) is 30.3 Å². The number of halogens is 3. The molecule has 3 aromatic rings. The Hall–Kier alpha value is -3.44. The second-order valence-electron chi connectivity index (χ2n) is 8.26. The number of nitrogens with one attached hydrogen (secondary N) is 1. The van der Waals surface area contributed by atoms with Gasteiger partial charge in [0.05, 0.1) is 69.7 Å². The monoisotopic (exact) mass is 547 g/mol. The molecule has 0 spiro atoms. The van der Waals surface area contributed by atoms with Crippen molar-refractivity contribution in [3.05, 3.63) is 95.6 Å². The summed E-state index contributed by atoms with van der Waals surface area (Å²) in [4.78, 5) is 12.5. The zero-order valence-corrected chi connectivity index (χ0v) is 21.5. The molecule has 0 unspecified atom stereocenters. The van der Waals surface area contributed by atoms with Crippen LogP contribution in [0.2, 0.25) is 0 Å². The predicted molar refractivity (Wildman–Crippen MR) is 140 cm³/mol. The van der Waals surface area contributed by atoms with Crippen molar-refractivity contribution in [1.82, 2.24) is 0 Å². The van der Waals surface area contributed by atoms with Gasteiger partial charge in [0.2, 0.25) is 0 Å². The first-order chi connectivity index (χ1) is 18.9. The molecule has 10 heteroatoms. The van der Waals surface area contributed by atoms with Crippen molar-refractivity contribution in [2.45, 2.75) is 12.8 Å².